The van der Waals surface area contributed by atoms with Gasteiger partial charge in [-0.05, 0) is 26.0 Å². The Hall–Kier alpha value is -2.88. The molecule has 0 fully saturated rings. The van der Waals surface area contributed by atoms with Crippen molar-refractivity contribution in [1.82, 2.24) is 19.6 Å². The molecule has 2 aromatic heterocycles. The van der Waals surface area contributed by atoms with Crippen LogP contribution in [0.15, 0.2) is 40.0 Å². The van der Waals surface area contributed by atoms with E-state index in [1.807, 2.05) is 0 Å². The summed E-state index contributed by atoms with van der Waals surface area (Å²) in [6, 6.07) is 7.39. The second-order valence-corrected chi connectivity index (χ2v) is 6.64. The van der Waals surface area contributed by atoms with Crippen LogP contribution in [-0.4, -0.2) is 34.6 Å². The molecule has 0 saturated carbocycles. The van der Waals surface area contributed by atoms with Crippen LogP contribution in [0.5, 0.6) is 5.75 Å². The molecule has 2 heterocycles. The molecule has 0 aliphatic rings. The molecule has 3 rings (SSSR count). The van der Waals surface area contributed by atoms with Crippen molar-refractivity contribution in [3.8, 4) is 5.75 Å². The molecule has 0 unspecified atom stereocenters. The van der Waals surface area contributed by atoms with Crippen molar-refractivity contribution in [2.75, 3.05) is 11.3 Å². The summed E-state index contributed by atoms with van der Waals surface area (Å²) < 4.78 is 33.5. The van der Waals surface area contributed by atoms with Gasteiger partial charge in [0, 0.05) is 17.8 Å². The minimum atomic E-state index is -3.89. The number of nitrogens with zero attached hydrogens (tertiary/aromatic N) is 3. The van der Waals surface area contributed by atoms with Crippen molar-refractivity contribution in [2.45, 2.75) is 18.7 Å². The Morgan fingerprint density at radius 1 is 1.29 bits per heavy atom. The maximum Gasteiger partial charge on any atom is 0.274 e. The second kappa shape index (κ2) is 5.96. The number of anilines is 1. The van der Waals surface area contributed by atoms with Crippen LogP contribution in [0.3, 0.4) is 0 Å². The van der Waals surface area contributed by atoms with Crippen molar-refractivity contribution < 1.29 is 13.2 Å². The third-order valence-electron chi connectivity index (χ3n) is 3.12. The molecule has 0 atom stereocenters. The van der Waals surface area contributed by atoms with E-state index < -0.39 is 10.0 Å². The molecule has 0 spiro atoms. The Labute approximate surface area is 137 Å². The van der Waals surface area contributed by atoms with Gasteiger partial charge in [-0.25, -0.2) is 18.1 Å². The van der Waals surface area contributed by atoms with Gasteiger partial charge in [-0.15, -0.1) is 0 Å². The molecule has 3 aromatic rings. The van der Waals surface area contributed by atoms with Gasteiger partial charge in [0.05, 0.1) is 11.5 Å². The van der Waals surface area contributed by atoms with E-state index in [-0.39, 0.29) is 22.2 Å². The number of sulfonamides is 1. The zero-order chi connectivity index (χ0) is 17.3. The van der Waals surface area contributed by atoms with Crippen LogP contribution in [0, 0.1) is 6.92 Å². The van der Waals surface area contributed by atoms with Gasteiger partial charge in [-0.2, -0.15) is 9.50 Å². The van der Waals surface area contributed by atoms with Crippen LogP contribution in [0.2, 0.25) is 0 Å². The summed E-state index contributed by atoms with van der Waals surface area (Å²) in [5, 5.41) is 2.57. The van der Waals surface area contributed by atoms with Gasteiger partial charge in [0.25, 0.3) is 21.4 Å². The summed E-state index contributed by atoms with van der Waals surface area (Å²) >= 11 is 0. The first-order valence-corrected chi connectivity index (χ1v) is 8.59. The van der Waals surface area contributed by atoms with Crippen molar-refractivity contribution in [3.05, 3.63) is 46.4 Å². The van der Waals surface area contributed by atoms with Gasteiger partial charge in [-0.1, -0.05) is 6.07 Å². The van der Waals surface area contributed by atoms with E-state index >= 15 is 0 Å². The molecule has 0 amide bonds. The van der Waals surface area contributed by atoms with Crippen LogP contribution in [0.4, 0.5) is 5.95 Å². The number of fused-ring (bicyclic) bond motifs is 1. The first kappa shape index (κ1) is 16.0. The van der Waals surface area contributed by atoms with E-state index in [4.69, 9.17) is 4.74 Å². The lowest BCUT2D eigenvalue weighted by Crippen LogP contribution is -2.16. The Morgan fingerprint density at radius 2 is 2.08 bits per heavy atom. The van der Waals surface area contributed by atoms with Crippen molar-refractivity contribution in [3.63, 3.8) is 0 Å². The first-order valence-electron chi connectivity index (χ1n) is 7.11. The molecule has 10 heteroatoms. The largest absolute Gasteiger partial charge is 0.494 e. The summed E-state index contributed by atoms with van der Waals surface area (Å²) in [6.07, 6.45) is 0. The number of H-pyrrole nitrogens is 1. The number of aromatic amines is 1. The van der Waals surface area contributed by atoms with Crippen molar-refractivity contribution in [1.29, 1.82) is 0 Å². The van der Waals surface area contributed by atoms with E-state index in [1.165, 1.54) is 18.2 Å². The summed E-state index contributed by atoms with van der Waals surface area (Å²) in [7, 11) is -3.89. The monoisotopic (exact) mass is 349 g/mol. The minimum Gasteiger partial charge on any atom is -0.494 e. The highest BCUT2D eigenvalue weighted by Crippen LogP contribution is 2.19. The molecule has 0 aliphatic heterocycles. The molecular weight excluding hydrogens is 334 g/mol. The molecular formula is C14H15N5O4S. The number of aromatic nitrogens is 4. The highest BCUT2D eigenvalue weighted by molar-refractivity contribution is 7.92. The van der Waals surface area contributed by atoms with Gasteiger partial charge in [-0.3, -0.25) is 9.89 Å². The van der Waals surface area contributed by atoms with Crippen LogP contribution in [0.25, 0.3) is 5.78 Å². The molecule has 1 aromatic carbocycles. The van der Waals surface area contributed by atoms with Gasteiger partial charge >= 0.3 is 0 Å². The average Bonchev–Trinajstić information content (AvgIpc) is 2.90. The number of aryl methyl sites for hydroxylation is 1. The molecule has 0 saturated heterocycles. The number of ether oxygens (including phenoxy) is 1. The summed E-state index contributed by atoms with van der Waals surface area (Å²) in [4.78, 5) is 19.9. The predicted octanol–water partition coefficient (Wildman–Crippen LogP) is 0.926. The minimum absolute atomic E-state index is 0.0189. The van der Waals surface area contributed by atoms with Crippen molar-refractivity contribution in [2.24, 2.45) is 0 Å². The Morgan fingerprint density at radius 3 is 2.83 bits per heavy atom. The van der Waals surface area contributed by atoms with E-state index in [0.29, 0.717) is 18.1 Å². The van der Waals surface area contributed by atoms with Crippen LogP contribution in [-0.2, 0) is 10.0 Å². The average molecular weight is 349 g/mol. The van der Waals surface area contributed by atoms with E-state index in [2.05, 4.69) is 19.8 Å². The normalized spacial score (nSPS) is 11.6. The lowest BCUT2D eigenvalue weighted by Gasteiger charge is -2.07. The molecule has 0 aliphatic carbocycles. The maximum absolute atomic E-state index is 12.5. The Kier molecular flexibility index (Phi) is 3.97. The van der Waals surface area contributed by atoms with Crippen LogP contribution >= 0.6 is 0 Å². The first-order chi connectivity index (χ1) is 11.4. The van der Waals surface area contributed by atoms with Crippen LogP contribution < -0.4 is 15.0 Å². The summed E-state index contributed by atoms with van der Waals surface area (Å²) in [5.41, 5.74) is 0.110. The third kappa shape index (κ3) is 3.08. The molecule has 126 valence electrons. The van der Waals surface area contributed by atoms with Crippen molar-refractivity contribution >= 4 is 21.7 Å². The smallest absolute Gasteiger partial charge is 0.274 e. The van der Waals surface area contributed by atoms with Gasteiger partial charge in [0.15, 0.2) is 0 Å². The molecule has 9 nitrogen and oxygen atoms in total. The number of benzene rings is 1. The zero-order valence-corrected chi connectivity index (χ0v) is 13.8. The zero-order valence-electron chi connectivity index (χ0n) is 13.0. The van der Waals surface area contributed by atoms with E-state index in [1.54, 1.807) is 26.0 Å². The summed E-state index contributed by atoms with van der Waals surface area (Å²) in [5.74, 6) is 0.422. The van der Waals surface area contributed by atoms with Gasteiger partial charge in [0.2, 0.25) is 5.95 Å². The standard InChI is InChI=1S/C14H15N5O4S/c1-3-23-10-5-4-6-11(8-10)24(21,22)18-13-16-14-15-9(2)7-12(20)19(14)17-13/h4-8H,3H2,1-2H3,(H2,15,16,17,18). The second-order valence-electron chi connectivity index (χ2n) is 4.96. The Balaban J connectivity index is 1.96. The lowest BCUT2D eigenvalue weighted by molar-refractivity contribution is 0.339. The topological polar surface area (TPSA) is 118 Å². The third-order valence-corrected chi connectivity index (χ3v) is 4.45. The fraction of sp³-hybridized carbons (Fsp3) is 0.214. The van der Waals surface area contributed by atoms with Gasteiger partial charge < -0.3 is 4.74 Å². The molecule has 24 heavy (non-hydrogen) atoms. The van der Waals surface area contributed by atoms with E-state index in [9.17, 15) is 13.2 Å². The SMILES string of the molecule is CCOc1cccc(S(=O)(=O)Nc2nc3nc(C)cc(=O)n3[nH]2)c1. The van der Waals surface area contributed by atoms with Gasteiger partial charge in [0.1, 0.15) is 5.75 Å². The fourth-order valence-electron chi connectivity index (χ4n) is 2.12. The highest BCUT2D eigenvalue weighted by atomic mass is 32.2. The van der Waals surface area contributed by atoms with Crippen LogP contribution in [0.1, 0.15) is 12.6 Å². The highest BCUT2D eigenvalue weighted by Gasteiger charge is 2.18. The fourth-order valence-corrected chi connectivity index (χ4v) is 3.12. The predicted molar refractivity (Wildman–Crippen MR) is 86.8 cm³/mol. The maximum atomic E-state index is 12.5. The van der Waals surface area contributed by atoms with E-state index in [0.717, 1.165) is 4.52 Å². The Bertz CT molecular complexity index is 1050. The number of rotatable bonds is 5. The molecule has 0 bridgehead atoms. The number of nitrogens with one attached hydrogen (secondary N) is 2. The summed E-state index contributed by atoms with van der Waals surface area (Å²) in [6.45, 7) is 3.88. The number of hydrogen-bond donors (Lipinski definition) is 2. The molecule has 2 N–H and O–H groups in total. The molecule has 0 radical (unpaired) electrons. The lowest BCUT2D eigenvalue weighted by atomic mass is 10.3. The number of hydrogen-bond acceptors (Lipinski definition) is 6. The quantitative estimate of drug-likeness (QED) is 0.707.